The molecule has 0 aromatic heterocycles. The molecule has 2 atom stereocenters. The van der Waals surface area contributed by atoms with Crippen molar-refractivity contribution in [3.05, 3.63) is 35.9 Å². The Bertz CT molecular complexity index is 533. The number of hydrogen-bond acceptors (Lipinski definition) is 3. The van der Waals surface area contributed by atoms with E-state index in [1.54, 1.807) is 4.90 Å². The van der Waals surface area contributed by atoms with Gasteiger partial charge in [0.1, 0.15) is 5.60 Å². The van der Waals surface area contributed by atoms with Gasteiger partial charge in [-0.05, 0) is 33.6 Å². The Hall–Kier alpha value is -1.84. The lowest BCUT2D eigenvalue weighted by atomic mass is 9.91. The Labute approximate surface area is 132 Å². The number of ether oxygens (including phenoxy) is 1. The number of hydrogen-bond donors (Lipinski definition) is 0. The number of amides is 1. The Balaban J connectivity index is 2.10. The third kappa shape index (κ3) is 3.87. The van der Waals surface area contributed by atoms with Crippen LogP contribution in [0.15, 0.2) is 30.3 Å². The Morgan fingerprint density at radius 3 is 2.45 bits per heavy atom. The van der Waals surface area contributed by atoms with Gasteiger partial charge < -0.3 is 9.64 Å². The van der Waals surface area contributed by atoms with Crippen molar-refractivity contribution in [2.45, 2.75) is 52.2 Å². The second-order valence-corrected chi connectivity index (χ2v) is 6.90. The standard InChI is InChI=1S/C18H25NO3/c1-13(16(20)14-9-6-5-7-10-14)15-11-8-12-19(15)17(21)22-18(2,3)4/h5-7,9-10,13,15H,8,11-12H2,1-4H3/t13-,15+/m0/s1. The topological polar surface area (TPSA) is 46.6 Å². The van der Waals surface area contributed by atoms with Gasteiger partial charge in [-0.2, -0.15) is 0 Å². The van der Waals surface area contributed by atoms with Gasteiger partial charge in [0, 0.05) is 24.1 Å². The van der Waals surface area contributed by atoms with E-state index in [0.29, 0.717) is 12.1 Å². The van der Waals surface area contributed by atoms with E-state index < -0.39 is 5.60 Å². The summed E-state index contributed by atoms with van der Waals surface area (Å²) in [5.74, 6) is -0.140. The van der Waals surface area contributed by atoms with E-state index in [-0.39, 0.29) is 23.8 Å². The molecule has 0 aliphatic carbocycles. The Kier molecular flexibility index (Phi) is 4.89. The first-order chi connectivity index (χ1) is 10.3. The zero-order valence-corrected chi connectivity index (χ0v) is 13.8. The van der Waals surface area contributed by atoms with Crippen LogP contribution in [-0.4, -0.2) is 35.0 Å². The number of likely N-dealkylation sites (tertiary alicyclic amines) is 1. The van der Waals surface area contributed by atoms with Gasteiger partial charge in [0.2, 0.25) is 0 Å². The number of nitrogens with zero attached hydrogens (tertiary/aromatic N) is 1. The molecule has 2 rings (SSSR count). The number of benzene rings is 1. The highest BCUT2D eigenvalue weighted by Crippen LogP contribution is 2.28. The lowest BCUT2D eigenvalue weighted by Gasteiger charge is -2.31. The van der Waals surface area contributed by atoms with E-state index in [0.717, 1.165) is 12.8 Å². The molecule has 0 spiro atoms. The average molecular weight is 303 g/mol. The summed E-state index contributed by atoms with van der Waals surface area (Å²) in [5, 5.41) is 0. The van der Waals surface area contributed by atoms with Crippen molar-refractivity contribution in [3.63, 3.8) is 0 Å². The number of ketones is 1. The molecule has 1 fully saturated rings. The third-order valence-corrected chi connectivity index (χ3v) is 3.98. The second-order valence-electron chi connectivity index (χ2n) is 6.90. The van der Waals surface area contributed by atoms with E-state index in [4.69, 9.17) is 4.74 Å². The van der Waals surface area contributed by atoms with Crippen LogP contribution >= 0.6 is 0 Å². The maximum absolute atomic E-state index is 12.6. The van der Waals surface area contributed by atoms with Crippen LogP contribution in [-0.2, 0) is 4.74 Å². The summed E-state index contributed by atoms with van der Waals surface area (Å²) < 4.78 is 5.46. The summed E-state index contributed by atoms with van der Waals surface area (Å²) in [4.78, 5) is 26.7. The van der Waals surface area contributed by atoms with Gasteiger partial charge in [-0.3, -0.25) is 4.79 Å². The minimum atomic E-state index is -0.517. The van der Waals surface area contributed by atoms with Gasteiger partial charge >= 0.3 is 6.09 Å². The lowest BCUT2D eigenvalue weighted by Crippen LogP contribution is -2.44. The fraction of sp³-hybridized carbons (Fsp3) is 0.556. The molecular formula is C18H25NO3. The average Bonchev–Trinajstić information content (AvgIpc) is 2.94. The van der Waals surface area contributed by atoms with Crippen molar-refractivity contribution in [2.75, 3.05) is 6.54 Å². The molecule has 0 bridgehead atoms. The molecule has 1 amide bonds. The van der Waals surface area contributed by atoms with Crippen LogP contribution in [0.3, 0.4) is 0 Å². The van der Waals surface area contributed by atoms with Gasteiger partial charge in [-0.1, -0.05) is 37.3 Å². The van der Waals surface area contributed by atoms with Crippen molar-refractivity contribution in [2.24, 2.45) is 5.92 Å². The molecule has 1 aromatic carbocycles. The Morgan fingerprint density at radius 2 is 1.86 bits per heavy atom. The summed E-state index contributed by atoms with van der Waals surface area (Å²) >= 11 is 0. The molecule has 0 N–H and O–H groups in total. The van der Waals surface area contributed by atoms with Gasteiger partial charge in [-0.25, -0.2) is 4.79 Å². The molecule has 1 saturated heterocycles. The van der Waals surface area contributed by atoms with Crippen LogP contribution in [0, 0.1) is 5.92 Å². The number of rotatable bonds is 3. The van der Waals surface area contributed by atoms with Crippen LogP contribution in [0.1, 0.15) is 50.9 Å². The molecule has 1 aliphatic heterocycles. The highest BCUT2D eigenvalue weighted by molar-refractivity contribution is 5.98. The van der Waals surface area contributed by atoms with Gasteiger partial charge in [-0.15, -0.1) is 0 Å². The summed E-state index contributed by atoms with van der Waals surface area (Å²) in [6.07, 6.45) is 1.44. The zero-order chi connectivity index (χ0) is 16.3. The molecule has 22 heavy (non-hydrogen) atoms. The van der Waals surface area contributed by atoms with Crippen LogP contribution in [0.4, 0.5) is 4.79 Å². The summed E-state index contributed by atoms with van der Waals surface area (Å²) in [6, 6.07) is 9.18. The highest BCUT2D eigenvalue weighted by atomic mass is 16.6. The smallest absolute Gasteiger partial charge is 0.410 e. The largest absolute Gasteiger partial charge is 0.444 e. The minimum Gasteiger partial charge on any atom is -0.444 e. The lowest BCUT2D eigenvalue weighted by molar-refractivity contribution is 0.0188. The summed E-state index contributed by atoms with van der Waals surface area (Å²) in [7, 11) is 0. The SMILES string of the molecule is C[C@H](C(=O)c1ccccc1)[C@H]1CCCN1C(=O)OC(C)(C)C. The summed E-state index contributed by atoms with van der Waals surface area (Å²) in [5.41, 5.74) is 0.183. The second kappa shape index (κ2) is 6.51. The third-order valence-electron chi connectivity index (χ3n) is 3.98. The number of Topliss-reactive ketones (excluding diaryl/α,β-unsaturated/α-hetero) is 1. The maximum atomic E-state index is 12.6. The van der Waals surface area contributed by atoms with Gasteiger partial charge in [0.25, 0.3) is 0 Å². The van der Waals surface area contributed by atoms with Crippen LogP contribution in [0.2, 0.25) is 0 Å². The quantitative estimate of drug-likeness (QED) is 0.795. The molecule has 0 saturated carbocycles. The zero-order valence-electron chi connectivity index (χ0n) is 13.8. The van der Waals surface area contributed by atoms with Crippen LogP contribution < -0.4 is 0 Å². The fourth-order valence-corrected chi connectivity index (χ4v) is 2.90. The predicted octanol–water partition coefficient (Wildman–Crippen LogP) is 3.90. The van der Waals surface area contributed by atoms with Crippen molar-refractivity contribution < 1.29 is 14.3 Å². The van der Waals surface area contributed by atoms with Crippen molar-refractivity contribution in [3.8, 4) is 0 Å². The number of carbonyl (C=O) groups is 2. The first kappa shape index (κ1) is 16.5. The van der Waals surface area contributed by atoms with Crippen molar-refractivity contribution in [1.82, 2.24) is 4.90 Å². The predicted molar refractivity (Wildman–Crippen MR) is 85.9 cm³/mol. The monoisotopic (exact) mass is 303 g/mol. The molecule has 120 valence electrons. The minimum absolute atomic E-state index is 0.0810. The molecule has 4 heteroatoms. The van der Waals surface area contributed by atoms with Gasteiger partial charge in [0.05, 0.1) is 0 Å². The first-order valence-corrected chi connectivity index (χ1v) is 7.88. The van der Waals surface area contributed by atoms with Crippen molar-refractivity contribution >= 4 is 11.9 Å². The first-order valence-electron chi connectivity index (χ1n) is 7.88. The highest BCUT2D eigenvalue weighted by Gasteiger charge is 2.37. The van der Waals surface area contributed by atoms with E-state index in [2.05, 4.69) is 0 Å². The van der Waals surface area contributed by atoms with Crippen LogP contribution in [0.5, 0.6) is 0 Å². The molecule has 1 aliphatic rings. The fourth-order valence-electron chi connectivity index (χ4n) is 2.90. The van der Waals surface area contributed by atoms with E-state index in [9.17, 15) is 9.59 Å². The molecule has 0 unspecified atom stereocenters. The van der Waals surface area contributed by atoms with Crippen LogP contribution in [0.25, 0.3) is 0 Å². The number of carbonyl (C=O) groups excluding carboxylic acids is 2. The molecule has 1 heterocycles. The molecular weight excluding hydrogens is 278 g/mol. The van der Waals surface area contributed by atoms with Gasteiger partial charge in [0.15, 0.2) is 5.78 Å². The molecule has 0 radical (unpaired) electrons. The van der Waals surface area contributed by atoms with E-state index in [1.165, 1.54) is 0 Å². The van der Waals surface area contributed by atoms with Crippen molar-refractivity contribution in [1.29, 1.82) is 0 Å². The summed E-state index contributed by atoms with van der Waals surface area (Å²) in [6.45, 7) is 8.13. The van der Waals surface area contributed by atoms with E-state index >= 15 is 0 Å². The van der Waals surface area contributed by atoms with E-state index in [1.807, 2.05) is 58.0 Å². The maximum Gasteiger partial charge on any atom is 0.410 e. The Morgan fingerprint density at radius 1 is 1.23 bits per heavy atom. The molecule has 1 aromatic rings. The molecule has 4 nitrogen and oxygen atoms in total. The normalized spacial score (nSPS) is 19.8.